The summed E-state index contributed by atoms with van der Waals surface area (Å²) in [6.45, 7) is 15.5. The van der Waals surface area contributed by atoms with Crippen LogP contribution in [0.15, 0.2) is 0 Å². The van der Waals surface area contributed by atoms with Crippen LogP contribution < -0.4 is 5.32 Å². The van der Waals surface area contributed by atoms with Gasteiger partial charge in [0.2, 0.25) is 0 Å². The van der Waals surface area contributed by atoms with Gasteiger partial charge in [-0.25, -0.2) is 0 Å². The van der Waals surface area contributed by atoms with Crippen LogP contribution in [0, 0.1) is 5.41 Å². The molecule has 1 saturated heterocycles. The lowest BCUT2D eigenvalue weighted by Gasteiger charge is -2.38. The Kier molecular flexibility index (Phi) is 7.38. The van der Waals surface area contributed by atoms with E-state index in [2.05, 4.69) is 44.8 Å². The second kappa shape index (κ2) is 8.26. The molecule has 1 heterocycles. The molecule has 2 unspecified atom stereocenters. The van der Waals surface area contributed by atoms with Crippen molar-refractivity contribution in [3.8, 4) is 0 Å². The molecular formula is C17H36N2. The molecule has 2 atom stereocenters. The molecule has 2 nitrogen and oxygen atoms in total. The Morgan fingerprint density at radius 2 is 1.95 bits per heavy atom. The third kappa shape index (κ3) is 5.83. The molecule has 19 heavy (non-hydrogen) atoms. The normalized spacial score (nSPS) is 23.5. The van der Waals surface area contributed by atoms with Crippen LogP contribution in [-0.2, 0) is 0 Å². The predicted octanol–water partition coefficient (Wildman–Crippen LogP) is 4.06. The molecule has 0 aromatic rings. The topological polar surface area (TPSA) is 15.3 Å². The van der Waals surface area contributed by atoms with Crippen LogP contribution in [-0.4, -0.2) is 36.6 Å². The fourth-order valence-electron chi connectivity index (χ4n) is 3.27. The highest BCUT2D eigenvalue weighted by atomic mass is 15.2. The van der Waals surface area contributed by atoms with Gasteiger partial charge in [0.25, 0.3) is 0 Å². The van der Waals surface area contributed by atoms with Crippen molar-refractivity contribution in [3.05, 3.63) is 0 Å². The number of piperidine rings is 1. The zero-order valence-corrected chi connectivity index (χ0v) is 14.0. The van der Waals surface area contributed by atoms with E-state index in [4.69, 9.17) is 0 Å². The van der Waals surface area contributed by atoms with Crippen molar-refractivity contribution >= 4 is 0 Å². The van der Waals surface area contributed by atoms with Gasteiger partial charge in [0.05, 0.1) is 0 Å². The summed E-state index contributed by atoms with van der Waals surface area (Å²) in [7, 11) is 0. The molecule has 0 spiro atoms. The van der Waals surface area contributed by atoms with Crippen LogP contribution in [0.1, 0.15) is 73.1 Å². The molecule has 0 saturated carbocycles. The van der Waals surface area contributed by atoms with Crippen LogP contribution in [0.25, 0.3) is 0 Å². The number of nitrogens with zero attached hydrogens (tertiary/aromatic N) is 1. The van der Waals surface area contributed by atoms with Gasteiger partial charge in [-0.3, -0.25) is 0 Å². The zero-order valence-electron chi connectivity index (χ0n) is 14.0. The summed E-state index contributed by atoms with van der Waals surface area (Å²) in [6, 6.07) is 1.49. The molecule has 1 aliphatic heterocycles. The van der Waals surface area contributed by atoms with E-state index in [1.807, 2.05) is 0 Å². The minimum absolute atomic E-state index is 0.368. The highest BCUT2D eigenvalue weighted by Crippen LogP contribution is 2.24. The third-order valence-electron chi connectivity index (χ3n) is 4.61. The van der Waals surface area contributed by atoms with E-state index >= 15 is 0 Å². The molecule has 1 rings (SSSR count). The van der Waals surface area contributed by atoms with Gasteiger partial charge >= 0.3 is 0 Å². The average molecular weight is 268 g/mol. The Balaban J connectivity index is 2.45. The number of hydrogen-bond acceptors (Lipinski definition) is 2. The van der Waals surface area contributed by atoms with E-state index in [-0.39, 0.29) is 0 Å². The lowest BCUT2D eigenvalue weighted by molar-refractivity contribution is 0.125. The lowest BCUT2D eigenvalue weighted by Crippen LogP contribution is -2.46. The summed E-state index contributed by atoms with van der Waals surface area (Å²) < 4.78 is 0. The minimum atomic E-state index is 0.368. The fraction of sp³-hybridized carbons (Fsp3) is 1.00. The van der Waals surface area contributed by atoms with Gasteiger partial charge in [0, 0.05) is 12.1 Å². The van der Waals surface area contributed by atoms with E-state index in [0.717, 1.165) is 12.6 Å². The molecule has 0 aromatic heterocycles. The maximum atomic E-state index is 3.76. The summed E-state index contributed by atoms with van der Waals surface area (Å²) in [5, 5.41) is 3.76. The van der Waals surface area contributed by atoms with Gasteiger partial charge in [-0.15, -0.1) is 0 Å². The molecule has 1 aliphatic rings. The largest absolute Gasteiger partial charge is 0.313 e. The first-order valence-corrected chi connectivity index (χ1v) is 8.46. The maximum Gasteiger partial charge on any atom is 0.0128 e. The average Bonchev–Trinajstić information content (AvgIpc) is 2.37. The molecule has 0 radical (unpaired) electrons. The van der Waals surface area contributed by atoms with Crippen molar-refractivity contribution in [2.45, 2.75) is 85.2 Å². The molecule has 114 valence electrons. The van der Waals surface area contributed by atoms with Crippen LogP contribution in [0.3, 0.4) is 0 Å². The van der Waals surface area contributed by atoms with Gasteiger partial charge in [-0.05, 0) is 57.2 Å². The lowest BCUT2D eigenvalue weighted by atomic mass is 9.84. The quantitative estimate of drug-likeness (QED) is 0.749. The van der Waals surface area contributed by atoms with E-state index in [0.29, 0.717) is 11.5 Å². The van der Waals surface area contributed by atoms with Gasteiger partial charge in [0.1, 0.15) is 0 Å². The van der Waals surface area contributed by atoms with Crippen LogP contribution >= 0.6 is 0 Å². The standard InChI is InChI=1S/C17H36N2/c1-6-12-18-16(17(3,4)5)11-14-19-13-9-8-10-15(19)7-2/h15-16,18H,6-14H2,1-5H3. The fourth-order valence-corrected chi connectivity index (χ4v) is 3.27. The van der Waals surface area contributed by atoms with E-state index in [1.54, 1.807) is 0 Å². The maximum absolute atomic E-state index is 3.76. The van der Waals surface area contributed by atoms with Gasteiger partial charge in [0.15, 0.2) is 0 Å². The minimum Gasteiger partial charge on any atom is -0.313 e. The van der Waals surface area contributed by atoms with Gasteiger partial charge in [-0.2, -0.15) is 0 Å². The van der Waals surface area contributed by atoms with Crippen molar-refractivity contribution in [3.63, 3.8) is 0 Å². The third-order valence-corrected chi connectivity index (χ3v) is 4.61. The van der Waals surface area contributed by atoms with Crippen molar-refractivity contribution in [1.29, 1.82) is 0 Å². The Morgan fingerprint density at radius 3 is 2.53 bits per heavy atom. The van der Waals surface area contributed by atoms with Gasteiger partial charge in [-0.1, -0.05) is 41.0 Å². The Morgan fingerprint density at radius 1 is 1.21 bits per heavy atom. The second-order valence-corrected chi connectivity index (χ2v) is 7.26. The molecule has 0 bridgehead atoms. The van der Waals surface area contributed by atoms with Crippen LogP contribution in [0.5, 0.6) is 0 Å². The highest BCUT2D eigenvalue weighted by molar-refractivity contribution is 4.83. The number of likely N-dealkylation sites (tertiary alicyclic amines) is 1. The molecule has 1 N–H and O–H groups in total. The predicted molar refractivity (Wildman–Crippen MR) is 85.7 cm³/mol. The highest BCUT2D eigenvalue weighted by Gasteiger charge is 2.26. The van der Waals surface area contributed by atoms with E-state index < -0.39 is 0 Å². The SMILES string of the molecule is CCCNC(CCN1CCCCC1CC)C(C)(C)C. The zero-order chi connectivity index (χ0) is 14.3. The summed E-state index contributed by atoms with van der Waals surface area (Å²) >= 11 is 0. The summed E-state index contributed by atoms with van der Waals surface area (Å²) in [6.07, 6.45) is 8.10. The summed E-state index contributed by atoms with van der Waals surface area (Å²) in [4.78, 5) is 2.75. The first kappa shape index (κ1) is 17.0. The Labute approximate surface area is 121 Å². The summed E-state index contributed by atoms with van der Waals surface area (Å²) in [5.41, 5.74) is 0.368. The molecule has 1 fully saturated rings. The first-order valence-electron chi connectivity index (χ1n) is 8.46. The second-order valence-electron chi connectivity index (χ2n) is 7.26. The van der Waals surface area contributed by atoms with Crippen molar-refractivity contribution in [1.82, 2.24) is 10.2 Å². The number of rotatable bonds is 7. The summed E-state index contributed by atoms with van der Waals surface area (Å²) in [5.74, 6) is 0. The molecule has 2 heteroatoms. The molecule has 0 amide bonds. The Hall–Kier alpha value is -0.0800. The van der Waals surface area contributed by atoms with Crippen LogP contribution in [0.2, 0.25) is 0 Å². The number of hydrogen-bond donors (Lipinski definition) is 1. The first-order chi connectivity index (χ1) is 8.99. The van der Waals surface area contributed by atoms with E-state index in [1.165, 1.54) is 51.6 Å². The smallest absolute Gasteiger partial charge is 0.0128 e. The Bertz CT molecular complexity index is 232. The van der Waals surface area contributed by atoms with Crippen molar-refractivity contribution in [2.75, 3.05) is 19.6 Å². The van der Waals surface area contributed by atoms with Crippen molar-refractivity contribution in [2.24, 2.45) is 5.41 Å². The van der Waals surface area contributed by atoms with Crippen molar-refractivity contribution < 1.29 is 0 Å². The van der Waals surface area contributed by atoms with Crippen LogP contribution in [0.4, 0.5) is 0 Å². The monoisotopic (exact) mass is 268 g/mol. The molecule has 0 aliphatic carbocycles. The molecular weight excluding hydrogens is 232 g/mol. The van der Waals surface area contributed by atoms with E-state index in [9.17, 15) is 0 Å². The molecule has 0 aromatic carbocycles. The van der Waals surface area contributed by atoms with Gasteiger partial charge < -0.3 is 10.2 Å². The number of nitrogens with one attached hydrogen (secondary N) is 1.